The number of nitrogens with one attached hydrogen (secondary N) is 1. The number of Topliss-reactive ketones (excluding diaryl/α,β-unsaturated/α-hetero) is 1. The number of para-hydroxylation sites is 2. The zero-order valence-electron chi connectivity index (χ0n) is 16.6. The highest BCUT2D eigenvalue weighted by Gasteiger charge is 2.59. The van der Waals surface area contributed by atoms with Gasteiger partial charge < -0.3 is 9.72 Å². The van der Waals surface area contributed by atoms with Crippen LogP contribution in [0.25, 0.3) is 10.9 Å². The highest BCUT2D eigenvalue weighted by atomic mass is 32.2. The van der Waals surface area contributed by atoms with Gasteiger partial charge in [0.1, 0.15) is 0 Å². The fourth-order valence-electron chi connectivity index (χ4n) is 4.38. The molecule has 3 aromatic rings. The molecule has 0 bridgehead atoms. The van der Waals surface area contributed by atoms with Gasteiger partial charge in [0.15, 0.2) is 11.0 Å². The average Bonchev–Trinajstić information content (AvgIpc) is 3.36. The molecular weight excluding hydrogens is 400 g/mol. The number of thioether (sulfide) groups is 1. The van der Waals surface area contributed by atoms with Crippen molar-refractivity contribution in [1.82, 2.24) is 4.98 Å². The van der Waals surface area contributed by atoms with Gasteiger partial charge in [-0.1, -0.05) is 42.1 Å². The van der Waals surface area contributed by atoms with Crippen molar-refractivity contribution in [2.45, 2.75) is 42.6 Å². The molecule has 1 N–H and O–H groups in total. The van der Waals surface area contributed by atoms with Crippen LogP contribution in [0.1, 0.15) is 35.8 Å². The van der Waals surface area contributed by atoms with Crippen LogP contribution in [-0.2, 0) is 14.3 Å². The Balaban J connectivity index is 1.43. The summed E-state index contributed by atoms with van der Waals surface area (Å²) in [7, 11) is 0. The van der Waals surface area contributed by atoms with Crippen LogP contribution in [0.15, 0.2) is 53.4 Å². The maximum absolute atomic E-state index is 13.3. The Hall–Kier alpha value is -3.06. The standard InChI is InChI=1S/C23H20N2O4S/c1-13-20(15-7-3-4-8-16(15)24-13)21(27)14(2)29-22(28)23-12-11-19(26)25(23)17-9-5-6-10-18(17)30-23/h3-10,14,24H,11-12H2,1-2H3/t14-,23+/m0/s1. The van der Waals surface area contributed by atoms with E-state index in [1.54, 1.807) is 11.8 Å². The highest BCUT2D eigenvalue weighted by Crippen LogP contribution is 2.56. The number of ether oxygens (including phenoxy) is 1. The number of nitrogens with zero attached hydrogens (tertiary/aromatic N) is 1. The molecule has 2 atom stereocenters. The normalized spacial score (nSPS) is 20.9. The molecule has 1 fully saturated rings. The van der Waals surface area contributed by atoms with E-state index in [0.717, 1.165) is 27.2 Å². The third kappa shape index (κ3) is 2.61. The van der Waals surface area contributed by atoms with Gasteiger partial charge >= 0.3 is 5.97 Å². The molecule has 5 rings (SSSR count). The summed E-state index contributed by atoms with van der Waals surface area (Å²) in [5.74, 6) is -0.908. The Morgan fingerprint density at radius 1 is 1.17 bits per heavy atom. The van der Waals surface area contributed by atoms with Gasteiger partial charge in [-0.2, -0.15) is 0 Å². The molecule has 1 amide bonds. The lowest BCUT2D eigenvalue weighted by Gasteiger charge is -2.29. The van der Waals surface area contributed by atoms with E-state index in [9.17, 15) is 14.4 Å². The summed E-state index contributed by atoms with van der Waals surface area (Å²) in [6.07, 6.45) is -0.330. The number of carbonyl (C=O) groups is 3. The van der Waals surface area contributed by atoms with Gasteiger partial charge in [0.25, 0.3) is 0 Å². The largest absolute Gasteiger partial charge is 0.452 e. The Bertz CT molecular complexity index is 1220. The van der Waals surface area contributed by atoms with Crippen molar-refractivity contribution in [3.8, 4) is 0 Å². The number of anilines is 1. The van der Waals surface area contributed by atoms with Crippen LogP contribution in [0.3, 0.4) is 0 Å². The number of aromatic nitrogens is 1. The van der Waals surface area contributed by atoms with Crippen molar-refractivity contribution in [2.75, 3.05) is 4.90 Å². The summed E-state index contributed by atoms with van der Waals surface area (Å²) in [5.41, 5.74) is 2.87. The minimum atomic E-state index is -1.13. The summed E-state index contributed by atoms with van der Waals surface area (Å²) >= 11 is 1.34. The van der Waals surface area contributed by atoms with Gasteiger partial charge in [-0.05, 0) is 32.0 Å². The molecule has 2 aromatic carbocycles. The number of amides is 1. The van der Waals surface area contributed by atoms with E-state index in [-0.39, 0.29) is 18.1 Å². The van der Waals surface area contributed by atoms with E-state index in [1.807, 2.05) is 55.5 Å². The summed E-state index contributed by atoms with van der Waals surface area (Å²) in [4.78, 5) is 43.5. The fraction of sp³-hybridized carbons (Fsp3) is 0.261. The number of benzene rings is 2. The zero-order valence-corrected chi connectivity index (χ0v) is 17.4. The number of rotatable bonds is 4. The average molecular weight is 420 g/mol. The number of aromatic amines is 1. The Morgan fingerprint density at radius 3 is 2.73 bits per heavy atom. The second-order valence-electron chi connectivity index (χ2n) is 7.67. The molecule has 0 saturated carbocycles. The van der Waals surface area contributed by atoms with E-state index < -0.39 is 16.9 Å². The van der Waals surface area contributed by atoms with Gasteiger partial charge in [-0.3, -0.25) is 14.5 Å². The Kier molecular flexibility index (Phi) is 4.25. The van der Waals surface area contributed by atoms with E-state index in [0.29, 0.717) is 12.0 Å². The molecule has 1 aromatic heterocycles. The van der Waals surface area contributed by atoms with Crippen molar-refractivity contribution in [2.24, 2.45) is 0 Å². The van der Waals surface area contributed by atoms with Gasteiger partial charge in [0, 0.05) is 39.9 Å². The zero-order chi connectivity index (χ0) is 21.0. The quantitative estimate of drug-likeness (QED) is 0.505. The lowest BCUT2D eigenvalue weighted by molar-refractivity contribution is -0.149. The number of aryl methyl sites for hydroxylation is 1. The second-order valence-corrected chi connectivity index (χ2v) is 8.99. The van der Waals surface area contributed by atoms with Gasteiger partial charge in [-0.25, -0.2) is 4.79 Å². The third-order valence-electron chi connectivity index (χ3n) is 5.79. The number of carbonyl (C=O) groups excluding carboxylic acids is 3. The number of esters is 1. The molecule has 0 unspecified atom stereocenters. The topological polar surface area (TPSA) is 79.5 Å². The number of fused-ring (bicyclic) bond motifs is 4. The SMILES string of the molecule is Cc1[nH]c2ccccc2c1C(=O)[C@H](C)OC(=O)[C@]12CCC(=O)N1c1ccccc1S2. The monoisotopic (exact) mass is 420 g/mol. The lowest BCUT2D eigenvalue weighted by Crippen LogP contribution is -2.49. The predicted molar refractivity (Wildman–Crippen MR) is 115 cm³/mol. The summed E-state index contributed by atoms with van der Waals surface area (Å²) in [6.45, 7) is 3.42. The van der Waals surface area contributed by atoms with Crippen LogP contribution in [-0.4, -0.2) is 33.6 Å². The van der Waals surface area contributed by atoms with Crippen LogP contribution in [0.5, 0.6) is 0 Å². The molecule has 6 nitrogen and oxygen atoms in total. The summed E-state index contributed by atoms with van der Waals surface area (Å²) < 4.78 is 5.69. The first-order valence-electron chi connectivity index (χ1n) is 9.86. The van der Waals surface area contributed by atoms with Gasteiger partial charge in [-0.15, -0.1) is 0 Å². The highest BCUT2D eigenvalue weighted by molar-refractivity contribution is 8.02. The fourth-order valence-corrected chi connectivity index (χ4v) is 5.78. The predicted octanol–water partition coefficient (Wildman–Crippen LogP) is 4.22. The second kappa shape index (κ2) is 6.74. The molecule has 0 radical (unpaired) electrons. The van der Waals surface area contributed by atoms with Gasteiger partial charge in [0.2, 0.25) is 11.7 Å². The van der Waals surface area contributed by atoms with E-state index >= 15 is 0 Å². The van der Waals surface area contributed by atoms with E-state index in [4.69, 9.17) is 4.74 Å². The molecule has 0 spiro atoms. The molecule has 2 aliphatic rings. The molecule has 7 heteroatoms. The minimum absolute atomic E-state index is 0.101. The number of hydrogen-bond acceptors (Lipinski definition) is 5. The van der Waals surface area contributed by atoms with E-state index in [1.165, 1.54) is 11.8 Å². The first-order valence-corrected chi connectivity index (χ1v) is 10.7. The maximum Gasteiger partial charge on any atom is 0.344 e. The molecule has 0 aliphatic carbocycles. The summed E-state index contributed by atoms with van der Waals surface area (Å²) in [5, 5.41) is 0.807. The number of ketones is 1. The molecule has 1 saturated heterocycles. The van der Waals surface area contributed by atoms with E-state index in [2.05, 4.69) is 4.98 Å². The third-order valence-corrected chi connectivity index (χ3v) is 7.24. The van der Waals surface area contributed by atoms with Crippen molar-refractivity contribution in [3.05, 3.63) is 59.8 Å². The lowest BCUT2D eigenvalue weighted by atomic mass is 10.0. The van der Waals surface area contributed by atoms with Gasteiger partial charge in [0.05, 0.1) is 5.69 Å². The molecule has 3 heterocycles. The minimum Gasteiger partial charge on any atom is -0.452 e. The smallest absolute Gasteiger partial charge is 0.344 e. The van der Waals surface area contributed by atoms with Crippen LogP contribution >= 0.6 is 11.8 Å². The maximum atomic E-state index is 13.3. The molecule has 30 heavy (non-hydrogen) atoms. The molecule has 2 aliphatic heterocycles. The van der Waals surface area contributed by atoms with Crippen LogP contribution < -0.4 is 4.90 Å². The Morgan fingerprint density at radius 2 is 1.90 bits per heavy atom. The number of hydrogen-bond donors (Lipinski definition) is 1. The van der Waals surface area contributed by atoms with Crippen molar-refractivity contribution in [1.29, 1.82) is 0 Å². The number of H-pyrrole nitrogens is 1. The first-order chi connectivity index (χ1) is 14.4. The van der Waals surface area contributed by atoms with Crippen molar-refractivity contribution >= 4 is 46.0 Å². The van der Waals surface area contributed by atoms with Crippen molar-refractivity contribution < 1.29 is 19.1 Å². The summed E-state index contributed by atoms with van der Waals surface area (Å²) in [6, 6.07) is 15.0. The van der Waals surface area contributed by atoms with Crippen molar-refractivity contribution in [3.63, 3.8) is 0 Å². The molecular formula is C23H20N2O4S. The van der Waals surface area contributed by atoms with Crippen LogP contribution in [0.2, 0.25) is 0 Å². The van der Waals surface area contributed by atoms with Crippen LogP contribution in [0, 0.1) is 6.92 Å². The Labute approximate surface area is 177 Å². The van der Waals surface area contributed by atoms with Crippen LogP contribution in [0.4, 0.5) is 5.69 Å². The molecule has 152 valence electrons. The first kappa shape index (κ1) is 18.9.